The summed E-state index contributed by atoms with van der Waals surface area (Å²) in [5, 5.41) is 13.5. The van der Waals surface area contributed by atoms with Gasteiger partial charge in [0.2, 0.25) is 0 Å². The molecule has 0 unspecified atom stereocenters. The Labute approximate surface area is 106 Å². The Bertz CT molecular complexity index is 476. The molecular weight excluding hydrogens is 294 g/mol. The Morgan fingerprint density at radius 3 is 2.56 bits per heavy atom. The van der Waals surface area contributed by atoms with E-state index in [1.54, 1.807) is 6.92 Å². The number of rotatable bonds is 2. The van der Waals surface area contributed by atoms with Crippen LogP contribution < -0.4 is 11.1 Å². The minimum atomic E-state index is -0.474. The van der Waals surface area contributed by atoms with Crippen LogP contribution in [0.5, 0.6) is 0 Å². The van der Waals surface area contributed by atoms with Crippen molar-refractivity contribution in [2.45, 2.75) is 13.8 Å². The number of hydrogen-bond donors (Lipinski definition) is 2. The summed E-state index contributed by atoms with van der Waals surface area (Å²) in [6, 6.07) is 1.43. The highest BCUT2D eigenvalue weighted by molar-refractivity contribution is 9.10. The largest absolute Gasteiger partial charge is 0.376 e. The van der Waals surface area contributed by atoms with Gasteiger partial charge in [0.25, 0.3) is 5.69 Å². The summed E-state index contributed by atoms with van der Waals surface area (Å²) in [5.41, 5.74) is 7.28. The van der Waals surface area contributed by atoms with Gasteiger partial charge in [0.05, 0.1) is 4.92 Å². The third-order valence-electron chi connectivity index (χ3n) is 2.26. The fraction of sp³-hybridized carbons (Fsp3) is 0.222. The maximum Gasteiger partial charge on any atom is 0.294 e. The maximum atomic E-state index is 10.9. The van der Waals surface area contributed by atoms with Crippen molar-refractivity contribution in [3.8, 4) is 0 Å². The van der Waals surface area contributed by atoms with Crippen molar-refractivity contribution in [1.82, 2.24) is 0 Å². The maximum absolute atomic E-state index is 10.9. The number of halogens is 1. The fourth-order valence-electron chi connectivity index (χ4n) is 1.28. The first-order chi connectivity index (χ1) is 7.34. The van der Waals surface area contributed by atoms with Gasteiger partial charge in [-0.15, -0.1) is 0 Å². The molecule has 0 spiro atoms. The third kappa shape index (κ3) is 2.48. The molecule has 0 aromatic heterocycles. The van der Waals surface area contributed by atoms with Crippen LogP contribution in [0.3, 0.4) is 0 Å². The number of nitro groups is 1. The molecule has 7 heteroatoms. The molecule has 0 aliphatic rings. The number of nitrogens with zero attached hydrogens (tertiary/aromatic N) is 1. The highest BCUT2D eigenvalue weighted by atomic mass is 79.9. The number of nitrogens with two attached hydrogens (primary N) is 1. The summed E-state index contributed by atoms with van der Waals surface area (Å²) in [4.78, 5) is 10.4. The summed E-state index contributed by atoms with van der Waals surface area (Å²) in [5.74, 6) is 0. The molecule has 0 saturated carbocycles. The van der Waals surface area contributed by atoms with E-state index >= 15 is 0 Å². The monoisotopic (exact) mass is 303 g/mol. The van der Waals surface area contributed by atoms with Crippen molar-refractivity contribution in [2.75, 3.05) is 5.32 Å². The molecule has 1 rings (SSSR count). The third-order valence-corrected chi connectivity index (χ3v) is 3.19. The lowest BCUT2D eigenvalue weighted by Gasteiger charge is -2.12. The molecule has 86 valence electrons. The molecule has 0 amide bonds. The molecule has 16 heavy (non-hydrogen) atoms. The molecule has 1 aromatic carbocycles. The number of benzene rings is 1. The molecule has 0 radical (unpaired) electrons. The molecule has 1 aromatic rings. The number of nitro benzene ring substituents is 1. The van der Waals surface area contributed by atoms with Gasteiger partial charge < -0.3 is 11.1 Å². The average Bonchev–Trinajstić information content (AvgIpc) is 2.17. The molecule has 0 bridgehead atoms. The van der Waals surface area contributed by atoms with Gasteiger partial charge in [0.15, 0.2) is 5.11 Å². The van der Waals surface area contributed by atoms with Crippen LogP contribution in [0.2, 0.25) is 0 Å². The van der Waals surface area contributed by atoms with E-state index in [0.29, 0.717) is 10.2 Å². The molecular formula is C9H10BrN3O2S. The van der Waals surface area contributed by atoms with Crippen LogP contribution in [-0.2, 0) is 0 Å². The molecule has 0 heterocycles. The van der Waals surface area contributed by atoms with Crippen LogP contribution in [0, 0.1) is 24.0 Å². The number of thiocarbonyl (C=S) groups is 1. The van der Waals surface area contributed by atoms with E-state index in [1.807, 2.05) is 6.92 Å². The normalized spacial score (nSPS) is 9.94. The highest BCUT2D eigenvalue weighted by Crippen LogP contribution is 2.35. The van der Waals surface area contributed by atoms with Crippen molar-refractivity contribution in [3.05, 3.63) is 31.8 Å². The van der Waals surface area contributed by atoms with Gasteiger partial charge in [-0.1, -0.05) is 15.9 Å². The van der Waals surface area contributed by atoms with Crippen LogP contribution in [0.4, 0.5) is 11.4 Å². The Hall–Kier alpha value is -1.21. The molecule has 0 aliphatic heterocycles. The quantitative estimate of drug-likeness (QED) is 0.499. The van der Waals surface area contributed by atoms with Crippen molar-refractivity contribution < 1.29 is 4.92 Å². The van der Waals surface area contributed by atoms with Crippen LogP contribution in [-0.4, -0.2) is 10.0 Å². The average molecular weight is 304 g/mol. The van der Waals surface area contributed by atoms with Gasteiger partial charge in [0.1, 0.15) is 5.69 Å². The molecule has 3 N–H and O–H groups in total. The van der Waals surface area contributed by atoms with Crippen molar-refractivity contribution in [1.29, 1.82) is 0 Å². The Morgan fingerprint density at radius 2 is 2.12 bits per heavy atom. The SMILES string of the molecule is Cc1c(Br)cc([N+](=O)[O-])c(NC(N)=S)c1C. The zero-order valence-electron chi connectivity index (χ0n) is 8.70. The van der Waals surface area contributed by atoms with Gasteiger partial charge >= 0.3 is 0 Å². The highest BCUT2D eigenvalue weighted by Gasteiger charge is 2.20. The first-order valence-corrected chi connectivity index (χ1v) is 5.55. The van der Waals surface area contributed by atoms with Crippen molar-refractivity contribution in [3.63, 3.8) is 0 Å². The summed E-state index contributed by atoms with van der Waals surface area (Å²) in [6.45, 7) is 3.63. The Balaban J connectivity index is 3.47. The summed E-state index contributed by atoms with van der Waals surface area (Å²) in [7, 11) is 0. The van der Waals surface area contributed by atoms with E-state index in [4.69, 9.17) is 18.0 Å². The first kappa shape index (κ1) is 12.9. The Kier molecular flexibility index (Phi) is 3.82. The van der Waals surface area contributed by atoms with E-state index in [9.17, 15) is 10.1 Å². The lowest BCUT2D eigenvalue weighted by atomic mass is 10.1. The van der Waals surface area contributed by atoms with Gasteiger partial charge in [-0.05, 0) is 37.2 Å². The van der Waals surface area contributed by atoms with Crippen molar-refractivity contribution in [2.24, 2.45) is 5.73 Å². The van der Waals surface area contributed by atoms with E-state index in [0.717, 1.165) is 11.1 Å². The predicted molar refractivity (Wildman–Crippen MR) is 70.7 cm³/mol. The Morgan fingerprint density at radius 1 is 1.56 bits per heavy atom. The minimum Gasteiger partial charge on any atom is -0.376 e. The van der Waals surface area contributed by atoms with Crippen LogP contribution in [0.1, 0.15) is 11.1 Å². The lowest BCUT2D eigenvalue weighted by Crippen LogP contribution is -2.20. The van der Waals surface area contributed by atoms with Gasteiger partial charge in [-0.3, -0.25) is 10.1 Å². The van der Waals surface area contributed by atoms with Gasteiger partial charge in [-0.2, -0.15) is 0 Å². The van der Waals surface area contributed by atoms with Crippen LogP contribution in [0.15, 0.2) is 10.5 Å². The van der Waals surface area contributed by atoms with Crippen molar-refractivity contribution >= 4 is 44.6 Å². The summed E-state index contributed by atoms with van der Waals surface area (Å²) >= 11 is 7.96. The summed E-state index contributed by atoms with van der Waals surface area (Å²) < 4.78 is 0.685. The second-order valence-corrected chi connectivity index (χ2v) is 4.54. The molecule has 0 atom stereocenters. The van der Waals surface area contributed by atoms with Crippen LogP contribution >= 0.6 is 28.1 Å². The summed E-state index contributed by atoms with van der Waals surface area (Å²) in [6.07, 6.45) is 0. The van der Waals surface area contributed by atoms with E-state index in [1.165, 1.54) is 6.07 Å². The first-order valence-electron chi connectivity index (χ1n) is 4.35. The zero-order valence-corrected chi connectivity index (χ0v) is 11.1. The lowest BCUT2D eigenvalue weighted by molar-refractivity contribution is -0.384. The zero-order chi connectivity index (χ0) is 12.5. The number of hydrogen-bond acceptors (Lipinski definition) is 3. The number of anilines is 1. The van der Waals surface area contributed by atoms with Crippen LogP contribution in [0.25, 0.3) is 0 Å². The molecule has 5 nitrogen and oxygen atoms in total. The second kappa shape index (κ2) is 4.75. The number of nitrogens with one attached hydrogen (secondary N) is 1. The van der Waals surface area contributed by atoms with Gasteiger partial charge in [0, 0.05) is 10.5 Å². The fourth-order valence-corrected chi connectivity index (χ4v) is 1.90. The molecule has 0 aliphatic carbocycles. The second-order valence-electron chi connectivity index (χ2n) is 3.25. The predicted octanol–water partition coefficient (Wildman–Crippen LogP) is 2.63. The van der Waals surface area contributed by atoms with E-state index in [2.05, 4.69) is 21.2 Å². The van der Waals surface area contributed by atoms with E-state index in [-0.39, 0.29) is 10.8 Å². The topological polar surface area (TPSA) is 81.2 Å². The van der Waals surface area contributed by atoms with Gasteiger partial charge in [-0.25, -0.2) is 0 Å². The standard InChI is InChI=1S/C9H10BrN3O2S/c1-4-5(2)8(12-9(11)16)7(13(14)15)3-6(4)10/h3H,1-2H3,(H3,11,12,16). The molecule has 0 fully saturated rings. The smallest absolute Gasteiger partial charge is 0.294 e. The van der Waals surface area contributed by atoms with E-state index < -0.39 is 4.92 Å². The minimum absolute atomic E-state index is 0.00734. The molecule has 0 saturated heterocycles.